The molecule has 4 aromatic rings. The number of phosphoric acid groups is 1. The summed E-state index contributed by atoms with van der Waals surface area (Å²) in [5, 5.41) is 6.06. The molecule has 0 heterocycles. The minimum absolute atomic E-state index is 0.00740. The number of methoxy groups -OCH3 is 1. The number of carbonyl (C=O) groups excluding carboxylic acids is 1. The molecule has 0 spiro atoms. The highest BCUT2D eigenvalue weighted by Gasteiger charge is 2.23. The van der Waals surface area contributed by atoms with Gasteiger partial charge in [0.05, 0.1) is 18.4 Å². The highest BCUT2D eigenvalue weighted by molar-refractivity contribution is 7.46. The summed E-state index contributed by atoms with van der Waals surface area (Å²) in [5.74, 6) is -0.341. The monoisotopic (exact) mass is 423 g/mol. The minimum Gasteiger partial charge on any atom is -0.495 e. The molecule has 0 bridgehead atoms. The Kier molecular flexibility index (Phi) is 5.18. The number of ether oxygens (including phenoxy) is 1. The molecule has 0 fully saturated rings. The summed E-state index contributed by atoms with van der Waals surface area (Å²) in [6.07, 6.45) is 0. The Labute approximate surface area is 172 Å². The van der Waals surface area contributed by atoms with E-state index < -0.39 is 13.7 Å². The summed E-state index contributed by atoms with van der Waals surface area (Å²) >= 11 is 0. The number of hydrogen-bond acceptors (Lipinski definition) is 4. The molecule has 4 rings (SSSR count). The van der Waals surface area contributed by atoms with Crippen molar-refractivity contribution < 1.29 is 28.4 Å². The molecule has 1 amide bonds. The Morgan fingerprint density at radius 3 is 2.07 bits per heavy atom. The van der Waals surface area contributed by atoms with Gasteiger partial charge in [0.1, 0.15) is 11.5 Å². The molecule has 0 atom stereocenters. The van der Waals surface area contributed by atoms with Crippen LogP contribution in [0, 0.1) is 0 Å². The number of anilines is 1. The van der Waals surface area contributed by atoms with Gasteiger partial charge in [0.25, 0.3) is 5.91 Å². The van der Waals surface area contributed by atoms with Crippen molar-refractivity contribution in [1.29, 1.82) is 0 Å². The molecule has 4 aromatic carbocycles. The minimum atomic E-state index is -4.88. The van der Waals surface area contributed by atoms with Crippen LogP contribution in [0.25, 0.3) is 21.5 Å². The van der Waals surface area contributed by atoms with Gasteiger partial charge < -0.3 is 14.6 Å². The van der Waals surface area contributed by atoms with Crippen LogP contribution < -0.4 is 14.6 Å². The van der Waals surface area contributed by atoms with Gasteiger partial charge in [-0.1, -0.05) is 36.4 Å². The summed E-state index contributed by atoms with van der Waals surface area (Å²) in [6, 6.07) is 21.3. The first-order chi connectivity index (χ1) is 14.3. The first-order valence-electron chi connectivity index (χ1n) is 9.00. The predicted octanol–water partition coefficient (Wildman–Crippen LogP) is 4.73. The molecule has 0 aliphatic carbocycles. The maximum atomic E-state index is 13.0. The number of rotatable bonds is 5. The van der Waals surface area contributed by atoms with E-state index in [4.69, 9.17) is 9.26 Å². The van der Waals surface area contributed by atoms with Crippen molar-refractivity contribution >= 4 is 41.0 Å². The molecule has 0 unspecified atom stereocenters. The van der Waals surface area contributed by atoms with Crippen LogP contribution in [0.2, 0.25) is 0 Å². The number of carbonyl (C=O) groups is 1. The largest absolute Gasteiger partial charge is 0.524 e. The van der Waals surface area contributed by atoms with E-state index in [1.165, 1.54) is 13.2 Å². The van der Waals surface area contributed by atoms with Crippen molar-refractivity contribution in [2.45, 2.75) is 0 Å². The molecule has 0 aliphatic heterocycles. The second-order valence-corrected chi connectivity index (χ2v) is 7.79. The second kappa shape index (κ2) is 7.80. The Balaban J connectivity index is 1.84. The molecule has 30 heavy (non-hydrogen) atoms. The fraction of sp³-hybridized carbons (Fsp3) is 0.0455. The highest BCUT2D eigenvalue weighted by atomic mass is 31.2. The van der Waals surface area contributed by atoms with Gasteiger partial charge in [-0.25, -0.2) is 4.57 Å². The first kappa shape index (κ1) is 19.9. The lowest BCUT2D eigenvalue weighted by atomic mass is 10.0. The lowest BCUT2D eigenvalue weighted by molar-refractivity contribution is 0.102. The maximum absolute atomic E-state index is 13.0. The number of phosphoric ester groups is 1. The predicted molar refractivity (Wildman–Crippen MR) is 115 cm³/mol. The third-order valence-corrected chi connectivity index (χ3v) is 5.05. The van der Waals surface area contributed by atoms with Gasteiger partial charge in [-0.05, 0) is 57.9 Å². The fourth-order valence-electron chi connectivity index (χ4n) is 3.29. The van der Waals surface area contributed by atoms with Crippen LogP contribution in [-0.2, 0) is 4.57 Å². The third kappa shape index (κ3) is 4.14. The van der Waals surface area contributed by atoms with Crippen LogP contribution in [0.4, 0.5) is 5.69 Å². The fourth-order valence-corrected chi connectivity index (χ4v) is 3.70. The van der Waals surface area contributed by atoms with Crippen LogP contribution in [0.1, 0.15) is 10.4 Å². The van der Waals surface area contributed by atoms with Gasteiger partial charge >= 0.3 is 7.82 Å². The van der Waals surface area contributed by atoms with E-state index in [1.807, 2.05) is 36.4 Å². The van der Waals surface area contributed by atoms with E-state index in [9.17, 15) is 19.1 Å². The topological polar surface area (TPSA) is 105 Å². The van der Waals surface area contributed by atoms with Crippen molar-refractivity contribution in [3.05, 3.63) is 78.4 Å². The van der Waals surface area contributed by atoms with Gasteiger partial charge in [0, 0.05) is 0 Å². The van der Waals surface area contributed by atoms with E-state index in [2.05, 4.69) is 5.32 Å². The zero-order valence-electron chi connectivity index (χ0n) is 15.9. The van der Waals surface area contributed by atoms with Gasteiger partial charge in [0.2, 0.25) is 0 Å². The molecule has 0 aromatic heterocycles. The first-order valence-corrected chi connectivity index (χ1v) is 10.5. The molecule has 0 aliphatic rings. The molecule has 0 saturated heterocycles. The average Bonchev–Trinajstić information content (AvgIpc) is 2.71. The van der Waals surface area contributed by atoms with Crippen molar-refractivity contribution in [3.8, 4) is 11.5 Å². The molecule has 7 nitrogen and oxygen atoms in total. The zero-order chi connectivity index (χ0) is 21.3. The zero-order valence-corrected chi connectivity index (χ0v) is 16.8. The average molecular weight is 423 g/mol. The third-order valence-electron chi connectivity index (χ3n) is 4.62. The molecule has 8 heteroatoms. The second-order valence-electron chi connectivity index (χ2n) is 6.63. The Morgan fingerprint density at radius 2 is 1.43 bits per heavy atom. The van der Waals surface area contributed by atoms with E-state index in [0.29, 0.717) is 16.8 Å². The van der Waals surface area contributed by atoms with Gasteiger partial charge in [-0.2, -0.15) is 0 Å². The van der Waals surface area contributed by atoms with Crippen molar-refractivity contribution in [3.63, 3.8) is 0 Å². The summed E-state index contributed by atoms with van der Waals surface area (Å²) in [7, 11) is -3.40. The molecular weight excluding hydrogens is 405 g/mol. The van der Waals surface area contributed by atoms with E-state index in [0.717, 1.165) is 16.2 Å². The molecule has 0 radical (unpaired) electrons. The van der Waals surface area contributed by atoms with Crippen LogP contribution in [0.3, 0.4) is 0 Å². The Bertz CT molecular complexity index is 1310. The lowest BCUT2D eigenvalue weighted by Gasteiger charge is -2.15. The van der Waals surface area contributed by atoms with Crippen LogP contribution in [0.15, 0.2) is 72.8 Å². The number of amides is 1. The van der Waals surface area contributed by atoms with Gasteiger partial charge in [-0.15, -0.1) is 0 Å². The normalized spacial score (nSPS) is 11.4. The van der Waals surface area contributed by atoms with Crippen molar-refractivity contribution in [1.82, 2.24) is 0 Å². The summed E-state index contributed by atoms with van der Waals surface area (Å²) in [5.41, 5.74) is 0.415. The maximum Gasteiger partial charge on any atom is 0.524 e. The molecule has 152 valence electrons. The number of fused-ring (bicyclic) bond motifs is 2. The summed E-state index contributed by atoms with van der Waals surface area (Å²) in [4.78, 5) is 31.7. The lowest BCUT2D eigenvalue weighted by Crippen LogP contribution is -2.14. The number of nitrogens with one attached hydrogen (secondary N) is 1. The molecular formula is C22H18NO6P. The number of benzene rings is 4. The van der Waals surface area contributed by atoms with Crippen LogP contribution in [-0.4, -0.2) is 22.8 Å². The van der Waals surface area contributed by atoms with E-state index in [-0.39, 0.29) is 11.3 Å². The smallest absolute Gasteiger partial charge is 0.495 e. The molecule has 3 N–H and O–H groups in total. The Hall–Kier alpha value is -3.38. The van der Waals surface area contributed by atoms with E-state index in [1.54, 1.807) is 30.3 Å². The quantitative estimate of drug-likeness (QED) is 0.317. The molecule has 0 saturated carbocycles. The number of hydrogen-bond donors (Lipinski definition) is 3. The van der Waals surface area contributed by atoms with E-state index >= 15 is 0 Å². The Morgan fingerprint density at radius 1 is 0.833 bits per heavy atom. The SMILES string of the molecule is COc1ccccc1NC(=O)c1cc2cc3ccccc3cc2cc1OP(=O)(O)O. The standard InChI is InChI=1S/C22H18NO6P/c1-28-20-9-5-4-8-19(20)23-22(24)18-12-16-10-14-6-2-3-7-15(14)11-17(16)13-21(18)29-30(25,26)27/h2-13H,1H3,(H,23,24)(H2,25,26,27). The van der Waals surface area contributed by atoms with Gasteiger partial charge in [0.15, 0.2) is 0 Å². The van der Waals surface area contributed by atoms with Crippen molar-refractivity contribution in [2.75, 3.05) is 12.4 Å². The number of para-hydroxylation sites is 2. The summed E-state index contributed by atoms with van der Waals surface area (Å²) < 4.78 is 21.6. The van der Waals surface area contributed by atoms with Crippen LogP contribution in [0.5, 0.6) is 11.5 Å². The highest BCUT2D eigenvalue weighted by Crippen LogP contribution is 2.41. The van der Waals surface area contributed by atoms with Gasteiger partial charge in [-0.3, -0.25) is 14.6 Å². The van der Waals surface area contributed by atoms with Crippen molar-refractivity contribution in [2.24, 2.45) is 0 Å². The summed E-state index contributed by atoms with van der Waals surface area (Å²) in [6.45, 7) is 0. The van der Waals surface area contributed by atoms with Crippen LogP contribution >= 0.6 is 7.82 Å².